The largest absolute Gasteiger partial charge is 0.244 e. The van der Waals surface area contributed by atoms with E-state index in [1.54, 1.807) is 36.5 Å². The molecular formula is C20H21Cl2NO2S. The molecule has 0 N–H and O–H groups in total. The van der Waals surface area contributed by atoms with Gasteiger partial charge in [-0.25, -0.2) is 13.4 Å². The van der Waals surface area contributed by atoms with Crippen molar-refractivity contribution in [2.45, 2.75) is 36.9 Å². The maximum absolute atomic E-state index is 13.3. The van der Waals surface area contributed by atoms with Gasteiger partial charge in [-0.2, -0.15) is 0 Å². The minimum absolute atomic E-state index is 0.0269. The Morgan fingerprint density at radius 1 is 1.04 bits per heavy atom. The molecule has 2 aromatic rings. The zero-order chi connectivity index (χ0) is 18.6. The van der Waals surface area contributed by atoms with Crippen molar-refractivity contribution in [2.75, 3.05) is 5.75 Å². The van der Waals surface area contributed by atoms with Gasteiger partial charge in [0.15, 0.2) is 9.84 Å². The van der Waals surface area contributed by atoms with Crippen molar-refractivity contribution in [3.8, 4) is 0 Å². The number of hydrogen-bond donors (Lipinski definition) is 0. The first-order valence-electron chi connectivity index (χ1n) is 8.70. The lowest BCUT2D eigenvalue weighted by molar-refractivity contribution is 0.380. The Kier molecular flexibility index (Phi) is 6.06. The van der Waals surface area contributed by atoms with Gasteiger partial charge in [0, 0.05) is 16.8 Å². The first-order chi connectivity index (χ1) is 12.4. The molecule has 0 radical (unpaired) electrons. The van der Waals surface area contributed by atoms with Gasteiger partial charge in [-0.15, -0.1) is 0 Å². The summed E-state index contributed by atoms with van der Waals surface area (Å²) in [5, 5.41) is 0.946. The van der Waals surface area contributed by atoms with Crippen LogP contribution < -0.4 is 0 Å². The van der Waals surface area contributed by atoms with E-state index in [4.69, 9.17) is 23.2 Å². The molecule has 3 rings (SSSR count). The predicted octanol–water partition coefficient (Wildman–Crippen LogP) is 5.68. The van der Waals surface area contributed by atoms with Crippen molar-refractivity contribution < 1.29 is 8.42 Å². The number of aromatic nitrogens is 1. The van der Waals surface area contributed by atoms with E-state index in [1.165, 1.54) is 0 Å². The summed E-state index contributed by atoms with van der Waals surface area (Å²) in [5.41, 5.74) is 1.56. The molecule has 0 aliphatic heterocycles. The molecule has 0 atom stereocenters. The number of halogens is 2. The Hall–Kier alpha value is -1.36. The van der Waals surface area contributed by atoms with Crippen molar-refractivity contribution in [2.24, 2.45) is 0 Å². The highest BCUT2D eigenvalue weighted by atomic mass is 35.5. The molecular weight excluding hydrogens is 389 g/mol. The minimum atomic E-state index is -3.44. The van der Waals surface area contributed by atoms with Gasteiger partial charge in [0.05, 0.1) is 5.75 Å². The molecule has 6 heteroatoms. The number of rotatable bonds is 5. The zero-order valence-corrected chi connectivity index (χ0v) is 16.7. The summed E-state index contributed by atoms with van der Waals surface area (Å²) >= 11 is 12.2. The number of pyridine rings is 1. The van der Waals surface area contributed by atoms with E-state index in [2.05, 4.69) is 4.98 Å². The smallest absolute Gasteiger partial charge is 0.163 e. The van der Waals surface area contributed by atoms with Crippen LogP contribution in [0.15, 0.2) is 48.7 Å². The van der Waals surface area contributed by atoms with Gasteiger partial charge in [-0.05, 0) is 36.6 Å². The van der Waals surface area contributed by atoms with Crippen LogP contribution in [0.3, 0.4) is 0 Å². The molecule has 0 amide bonds. The Morgan fingerprint density at radius 3 is 2.38 bits per heavy atom. The van der Waals surface area contributed by atoms with Gasteiger partial charge in [0.1, 0.15) is 9.90 Å². The van der Waals surface area contributed by atoms with Crippen LogP contribution in [-0.2, 0) is 14.6 Å². The summed E-state index contributed by atoms with van der Waals surface area (Å²) in [6.45, 7) is 0. The predicted molar refractivity (Wildman–Crippen MR) is 108 cm³/mol. The summed E-state index contributed by atoms with van der Waals surface area (Å²) in [6.07, 6.45) is 9.11. The lowest BCUT2D eigenvalue weighted by Gasteiger charge is -2.37. The molecule has 0 spiro atoms. The first kappa shape index (κ1) is 19.4. The normalized spacial score (nSPS) is 17.5. The topological polar surface area (TPSA) is 47.0 Å². The minimum Gasteiger partial charge on any atom is -0.244 e. The van der Waals surface area contributed by atoms with E-state index >= 15 is 0 Å². The van der Waals surface area contributed by atoms with Crippen molar-refractivity contribution in [3.05, 3.63) is 70.0 Å². The summed E-state index contributed by atoms with van der Waals surface area (Å²) < 4.78 is 25.7. The van der Waals surface area contributed by atoms with Crippen molar-refractivity contribution in [1.29, 1.82) is 0 Å². The third kappa shape index (κ3) is 3.98. The highest BCUT2D eigenvalue weighted by Crippen LogP contribution is 2.46. The van der Waals surface area contributed by atoms with Crippen LogP contribution in [0.5, 0.6) is 0 Å². The average molecular weight is 410 g/mol. The molecule has 3 nitrogen and oxygen atoms in total. The van der Waals surface area contributed by atoms with Crippen molar-refractivity contribution in [3.63, 3.8) is 0 Å². The maximum Gasteiger partial charge on any atom is 0.163 e. The van der Waals surface area contributed by atoms with Gasteiger partial charge in [-0.3, -0.25) is 0 Å². The Morgan fingerprint density at radius 2 is 1.73 bits per heavy atom. The maximum atomic E-state index is 13.3. The van der Waals surface area contributed by atoms with E-state index in [-0.39, 0.29) is 5.75 Å². The monoisotopic (exact) mass is 409 g/mol. The Balaban J connectivity index is 1.90. The molecule has 0 saturated heterocycles. The molecule has 26 heavy (non-hydrogen) atoms. The fraction of sp³-hybridized carbons (Fsp3) is 0.350. The molecule has 1 heterocycles. The fourth-order valence-electron chi connectivity index (χ4n) is 3.64. The molecule has 1 saturated carbocycles. The molecule has 0 unspecified atom stereocenters. The molecule has 1 aromatic heterocycles. The van der Waals surface area contributed by atoms with Crippen LogP contribution in [0.25, 0.3) is 6.08 Å². The molecule has 1 aliphatic carbocycles. The summed E-state index contributed by atoms with van der Waals surface area (Å²) in [6, 6.07) is 10.9. The molecule has 1 aromatic carbocycles. The molecule has 1 fully saturated rings. The summed E-state index contributed by atoms with van der Waals surface area (Å²) in [5.74, 6) is -0.0269. The third-order valence-corrected chi connectivity index (χ3v) is 8.01. The Labute approximate surface area is 165 Å². The van der Waals surface area contributed by atoms with Gasteiger partial charge in [0.2, 0.25) is 0 Å². The van der Waals surface area contributed by atoms with Crippen LogP contribution in [0.2, 0.25) is 10.2 Å². The SMILES string of the molecule is O=S(=O)(CC=Cc1ccc(Cl)cc1)C1(c2cccnc2Cl)CCCCC1. The second-order valence-electron chi connectivity index (χ2n) is 6.63. The number of benzene rings is 1. The van der Waals surface area contributed by atoms with E-state index in [0.29, 0.717) is 28.6 Å². The number of hydrogen-bond acceptors (Lipinski definition) is 3. The van der Waals surface area contributed by atoms with Crippen LogP contribution in [0.4, 0.5) is 0 Å². The summed E-state index contributed by atoms with van der Waals surface area (Å²) in [4.78, 5) is 4.12. The van der Waals surface area contributed by atoms with Crippen molar-refractivity contribution >= 4 is 39.1 Å². The van der Waals surface area contributed by atoms with Crippen molar-refractivity contribution in [1.82, 2.24) is 4.98 Å². The second kappa shape index (κ2) is 8.12. The van der Waals surface area contributed by atoms with Gasteiger partial charge >= 0.3 is 0 Å². The second-order valence-corrected chi connectivity index (χ2v) is 9.77. The van der Waals surface area contributed by atoms with Gasteiger partial charge in [0.25, 0.3) is 0 Å². The van der Waals surface area contributed by atoms with Crippen LogP contribution in [0, 0.1) is 0 Å². The van der Waals surface area contributed by atoms with Crippen LogP contribution >= 0.6 is 23.2 Å². The van der Waals surface area contributed by atoms with Crippen LogP contribution in [-0.4, -0.2) is 19.2 Å². The quantitative estimate of drug-likeness (QED) is 0.596. The third-order valence-electron chi connectivity index (χ3n) is 5.00. The summed E-state index contributed by atoms with van der Waals surface area (Å²) in [7, 11) is -3.44. The lowest BCUT2D eigenvalue weighted by atomic mass is 9.83. The fourth-order valence-corrected chi connectivity index (χ4v) is 6.20. The highest BCUT2D eigenvalue weighted by molar-refractivity contribution is 7.92. The number of sulfone groups is 1. The molecule has 0 bridgehead atoms. The molecule has 138 valence electrons. The standard InChI is InChI=1S/C20H21Cl2NO2S/c21-17-10-8-16(9-11-17)6-5-15-26(24,25)20(12-2-1-3-13-20)18-7-4-14-23-19(18)22/h4-11,14H,1-3,12-13,15H2. The first-order valence-corrected chi connectivity index (χ1v) is 11.1. The van der Waals surface area contributed by atoms with Gasteiger partial charge in [-0.1, -0.05) is 72.8 Å². The van der Waals surface area contributed by atoms with Crippen LogP contribution in [0.1, 0.15) is 43.2 Å². The van der Waals surface area contributed by atoms with Gasteiger partial charge < -0.3 is 0 Å². The molecule has 1 aliphatic rings. The zero-order valence-electron chi connectivity index (χ0n) is 14.4. The van der Waals surface area contributed by atoms with E-state index in [1.807, 2.05) is 18.2 Å². The lowest BCUT2D eigenvalue weighted by Crippen LogP contribution is -2.39. The van der Waals surface area contributed by atoms with E-state index < -0.39 is 14.6 Å². The van der Waals surface area contributed by atoms with E-state index in [9.17, 15) is 8.42 Å². The van der Waals surface area contributed by atoms with E-state index in [0.717, 1.165) is 24.8 Å². The highest BCUT2D eigenvalue weighted by Gasteiger charge is 2.46. The average Bonchev–Trinajstić information content (AvgIpc) is 2.64. The number of nitrogens with zero attached hydrogens (tertiary/aromatic N) is 1. The Bertz CT molecular complexity index is 886.